The number of thioether (sulfide) groups is 1. The van der Waals surface area contributed by atoms with Crippen molar-refractivity contribution in [2.45, 2.75) is 45.3 Å². The molecule has 0 bridgehead atoms. The van der Waals surface area contributed by atoms with Gasteiger partial charge in [-0.15, -0.1) is 0 Å². The zero-order chi connectivity index (χ0) is 16.7. The second kappa shape index (κ2) is 8.71. The van der Waals surface area contributed by atoms with E-state index in [4.69, 9.17) is 0 Å². The van der Waals surface area contributed by atoms with Crippen LogP contribution in [0.5, 0.6) is 0 Å². The molecule has 0 aromatic carbocycles. The molecule has 7 nitrogen and oxygen atoms in total. The standard InChI is InChI=1S/C15H24N6OS/c1-4-7-17-13-11-10-18-21(9-8-16-12(22)5-2)14(11)20-15(19-13)23-6-3/h10H,4-9H2,1-3H3,(H,16,22)(H,17,19,20). The molecule has 0 unspecified atom stereocenters. The maximum absolute atomic E-state index is 11.3. The summed E-state index contributed by atoms with van der Waals surface area (Å²) < 4.78 is 1.82. The Morgan fingerprint density at radius 1 is 1.26 bits per heavy atom. The first-order valence-corrected chi connectivity index (χ1v) is 9.05. The molecule has 0 aliphatic rings. The Morgan fingerprint density at radius 2 is 2.09 bits per heavy atom. The second-order valence-corrected chi connectivity index (χ2v) is 6.25. The van der Waals surface area contributed by atoms with Crippen molar-refractivity contribution in [3.8, 4) is 0 Å². The van der Waals surface area contributed by atoms with Gasteiger partial charge in [-0.05, 0) is 12.2 Å². The van der Waals surface area contributed by atoms with Crippen LogP contribution in [0.3, 0.4) is 0 Å². The molecule has 1 amide bonds. The summed E-state index contributed by atoms with van der Waals surface area (Å²) in [4.78, 5) is 20.5. The summed E-state index contributed by atoms with van der Waals surface area (Å²) in [5.41, 5.74) is 0.806. The predicted octanol–water partition coefficient (Wildman–Crippen LogP) is 2.29. The normalized spacial score (nSPS) is 10.9. The van der Waals surface area contributed by atoms with Crippen LogP contribution in [0.1, 0.15) is 33.6 Å². The van der Waals surface area contributed by atoms with Gasteiger partial charge in [-0.3, -0.25) is 4.79 Å². The molecule has 0 atom stereocenters. The third kappa shape index (κ3) is 4.57. The van der Waals surface area contributed by atoms with Gasteiger partial charge >= 0.3 is 0 Å². The molecule has 2 N–H and O–H groups in total. The van der Waals surface area contributed by atoms with E-state index < -0.39 is 0 Å². The van der Waals surface area contributed by atoms with Gasteiger partial charge < -0.3 is 10.6 Å². The molecule has 0 saturated carbocycles. The van der Waals surface area contributed by atoms with Crippen LogP contribution in [-0.2, 0) is 11.3 Å². The Balaban J connectivity index is 2.24. The van der Waals surface area contributed by atoms with Gasteiger partial charge in [-0.25, -0.2) is 14.6 Å². The summed E-state index contributed by atoms with van der Waals surface area (Å²) in [5, 5.41) is 12.3. The van der Waals surface area contributed by atoms with Gasteiger partial charge in [0.2, 0.25) is 5.91 Å². The number of amides is 1. The number of hydrogen-bond acceptors (Lipinski definition) is 6. The van der Waals surface area contributed by atoms with E-state index in [1.54, 1.807) is 18.0 Å². The first kappa shape index (κ1) is 17.5. The Morgan fingerprint density at radius 3 is 2.78 bits per heavy atom. The van der Waals surface area contributed by atoms with E-state index in [0.29, 0.717) is 19.5 Å². The van der Waals surface area contributed by atoms with Crippen LogP contribution in [0.4, 0.5) is 5.82 Å². The molecule has 0 aliphatic carbocycles. The lowest BCUT2D eigenvalue weighted by molar-refractivity contribution is -0.120. The van der Waals surface area contributed by atoms with Crippen LogP contribution >= 0.6 is 11.8 Å². The highest BCUT2D eigenvalue weighted by molar-refractivity contribution is 7.99. The van der Waals surface area contributed by atoms with E-state index in [1.165, 1.54) is 0 Å². The molecule has 8 heteroatoms. The summed E-state index contributed by atoms with van der Waals surface area (Å²) in [6.45, 7) is 8.03. The van der Waals surface area contributed by atoms with Crippen molar-refractivity contribution in [2.75, 3.05) is 24.2 Å². The van der Waals surface area contributed by atoms with Crippen molar-refractivity contribution in [3.05, 3.63) is 6.20 Å². The Labute approximate surface area is 140 Å². The quantitative estimate of drug-likeness (QED) is 0.540. The fourth-order valence-electron chi connectivity index (χ4n) is 2.10. The van der Waals surface area contributed by atoms with Crippen molar-refractivity contribution in [3.63, 3.8) is 0 Å². The topological polar surface area (TPSA) is 84.7 Å². The van der Waals surface area contributed by atoms with Crippen LogP contribution in [0.15, 0.2) is 11.4 Å². The van der Waals surface area contributed by atoms with Crippen LogP contribution < -0.4 is 10.6 Å². The van der Waals surface area contributed by atoms with Crippen LogP contribution in [-0.4, -0.2) is 44.5 Å². The monoisotopic (exact) mass is 336 g/mol. The highest BCUT2D eigenvalue weighted by Crippen LogP contribution is 2.24. The number of fused-ring (bicyclic) bond motifs is 1. The molecule has 2 aromatic rings. The van der Waals surface area contributed by atoms with E-state index in [9.17, 15) is 4.79 Å². The van der Waals surface area contributed by atoms with Crippen molar-refractivity contribution < 1.29 is 4.79 Å². The molecule has 2 rings (SSSR count). The fraction of sp³-hybridized carbons (Fsp3) is 0.600. The van der Waals surface area contributed by atoms with Gasteiger partial charge in [0.1, 0.15) is 5.82 Å². The SMILES string of the molecule is CCCNc1nc(SCC)nc2c1cnn2CCNC(=O)CC. The third-order valence-corrected chi connectivity index (χ3v) is 3.99. The van der Waals surface area contributed by atoms with Gasteiger partial charge in [-0.1, -0.05) is 32.5 Å². The van der Waals surface area contributed by atoms with Crippen molar-refractivity contribution in [1.29, 1.82) is 0 Å². The lowest BCUT2D eigenvalue weighted by Crippen LogP contribution is -2.26. The minimum Gasteiger partial charge on any atom is -0.369 e. The minimum atomic E-state index is 0.0450. The summed E-state index contributed by atoms with van der Waals surface area (Å²) in [7, 11) is 0. The van der Waals surface area contributed by atoms with Crippen LogP contribution in [0.25, 0.3) is 11.0 Å². The average Bonchev–Trinajstić information content (AvgIpc) is 2.96. The lowest BCUT2D eigenvalue weighted by atomic mass is 10.3. The summed E-state index contributed by atoms with van der Waals surface area (Å²) in [6, 6.07) is 0. The minimum absolute atomic E-state index is 0.0450. The molecule has 0 aliphatic heterocycles. The largest absolute Gasteiger partial charge is 0.369 e. The van der Waals surface area contributed by atoms with Crippen LogP contribution in [0.2, 0.25) is 0 Å². The number of carbonyl (C=O) groups excluding carboxylic acids is 1. The molecule has 23 heavy (non-hydrogen) atoms. The van der Waals surface area contributed by atoms with Gasteiger partial charge in [0.25, 0.3) is 0 Å². The summed E-state index contributed by atoms with van der Waals surface area (Å²) >= 11 is 1.61. The molecule has 0 saturated heterocycles. The predicted molar refractivity (Wildman–Crippen MR) is 93.8 cm³/mol. The van der Waals surface area contributed by atoms with E-state index in [1.807, 2.05) is 11.6 Å². The van der Waals surface area contributed by atoms with E-state index in [-0.39, 0.29) is 5.91 Å². The molecule has 2 aromatic heterocycles. The number of hydrogen-bond donors (Lipinski definition) is 2. The molecular weight excluding hydrogens is 312 g/mol. The first-order chi connectivity index (χ1) is 11.2. The second-order valence-electron chi connectivity index (χ2n) is 5.02. The molecule has 2 heterocycles. The number of rotatable bonds is 9. The van der Waals surface area contributed by atoms with Gasteiger partial charge in [0.15, 0.2) is 10.8 Å². The van der Waals surface area contributed by atoms with E-state index >= 15 is 0 Å². The third-order valence-electron chi connectivity index (χ3n) is 3.26. The Bertz CT molecular complexity index is 657. The number of nitrogens with one attached hydrogen (secondary N) is 2. The highest BCUT2D eigenvalue weighted by Gasteiger charge is 2.13. The van der Waals surface area contributed by atoms with E-state index in [2.05, 4.69) is 39.5 Å². The van der Waals surface area contributed by atoms with Crippen LogP contribution in [0, 0.1) is 0 Å². The molecule has 126 valence electrons. The summed E-state index contributed by atoms with van der Waals surface area (Å²) in [5.74, 6) is 1.79. The number of aromatic nitrogens is 4. The molecular formula is C15H24N6OS. The van der Waals surface area contributed by atoms with E-state index in [0.717, 1.165) is 40.7 Å². The number of carbonyl (C=O) groups is 1. The smallest absolute Gasteiger partial charge is 0.219 e. The maximum Gasteiger partial charge on any atom is 0.219 e. The maximum atomic E-state index is 11.3. The first-order valence-electron chi connectivity index (χ1n) is 8.06. The fourth-order valence-corrected chi connectivity index (χ4v) is 2.66. The number of nitrogens with zero attached hydrogens (tertiary/aromatic N) is 4. The highest BCUT2D eigenvalue weighted by atomic mass is 32.2. The number of anilines is 1. The zero-order valence-corrected chi connectivity index (χ0v) is 14.7. The molecule has 0 fully saturated rings. The zero-order valence-electron chi connectivity index (χ0n) is 13.9. The molecule has 0 spiro atoms. The Hall–Kier alpha value is -1.83. The summed E-state index contributed by atoms with van der Waals surface area (Å²) in [6.07, 6.45) is 3.30. The van der Waals surface area contributed by atoms with Crippen molar-refractivity contribution >= 4 is 34.5 Å². The lowest BCUT2D eigenvalue weighted by Gasteiger charge is -2.09. The van der Waals surface area contributed by atoms with Gasteiger partial charge in [0, 0.05) is 19.5 Å². The van der Waals surface area contributed by atoms with Gasteiger partial charge in [-0.2, -0.15) is 5.10 Å². The van der Waals surface area contributed by atoms with Crippen molar-refractivity contribution in [1.82, 2.24) is 25.1 Å². The van der Waals surface area contributed by atoms with Gasteiger partial charge in [0.05, 0.1) is 18.1 Å². The average molecular weight is 336 g/mol. The van der Waals surface area contributed by atoms with Crippen molar-refractivity contribution in [2.24, 2.45) is 0 Å². The Kier molecular flexibility index (Phi) is 6.64. The molecule has 0 radical (unpaired) electrons.